The third-order valence-corrected chi connectivity index (χ3v) is 6.22. The number of hydrogen-bond donors (Lipinski definition) is 3. The molecule has 0 atom stereocenters. The fourth-order valence-electron chi connectivity index (χ4n) is 2.14. The molecule has 0 fully saturated rings. The normalized spacial score (nSPS) is 11.0. The van der Waals surface area contributed by atoms with Gasteiger partial charge in [0.15, 0.2) is 0 Å². The van der Waals surface area contributed by atoms with Gasteiger partial charge < -0.3 is 10.4 Å². The molecule has 2 aromatic heterocycles. The minimum absolute atomic E-state index is 0.106. The number of carbonyl (C=O) groups excluding carboxylic acids is 1. The second kappa shape index (κ2) is 7.56. The number of nitrogens with zero attached hydrogens (tertiary/aromatic N) is 1. The number of rotatable bonds is 6. The van der Waals surface area contributed by atoms with Gasteiger partial charge in [0.1, 0.15) is 4.21 Å². The lowest BCUT2D eigenvalue weighted by Crippen LogP contribution is -2.14. The van der Waals surface area contributed by atoms with Crippen molar-refractivity contribution in [1.29, 1.82) is 0 Å². The van der Waals surface area contributed by atoms with Crippen molar-refractivity contribution in [3.63, 3.8) is 0 Å². The Morgan fingerprint density at radius 3 is 2.41 bits per heavy atom. The molecule has 27 heavy (non-hydrogen) atoms. The monoisotopic (exact) mass is 403 g/mol. The Bertz CT molecular complexity index is 1090. The van der Waals surface area contributed by atoms with Crippen LogP contribution in [0.25, 0.3) is 0 Å². The lowest BCUT2D eigenvalue weighted by molar-refractivity contribution is 0.0697. The quantitative estimate of drug-likeness (QED) is 0.581. The van der Waals surface area contributed by atoms with Gasteiger partial charge in [-0.15, -0.1) is 11.3 Å². The predicted octanol–water partition coefficient (Wildman–Crippen LogP) is 2.89. The molecule has 0 spiro atoms. The predicted molar refractivity (Wildman–Crippen MR) is 101 cm³/mol. The summed E-state index contributed by atoms with van der Waals surface area (Å²) in [5, 5.41) is 12.8. The molecule has 0 saturated carbocycles. The molecule has 3 N–H and O–H groups in total. The number of sulfonamides is 1. The SMILES string of the molecule is O=C(O)c1csc(S(=O)(=O)Nc2cccc(C(=O)Nc3ccncc3)c2)c1. The molecule has 0 aliphatic rings. The molecule has 3 rings (SSSR count). The summed E-state index contributed by atoms with van der Waals surface area (Å²) >= 11 is 0.800. The van der Waals surface area contributed by atoms with Gasteiger partial charge in [-0.1, -0.05) is 6.07 Å². The van der Waals surface area contributed by atoms with Gasteiger partial charge in [-0.25, -0.2) is 13.2 Å². The van der Waals surface area contributed by atoms with E-state index in [4.69, 9.17) is 5.11 Å². The largest absolute Gasteiger partial charge is 0.478 e. The molecule has 2 heterocycles. The number of carbonyl (C=O) groups is 2. The molecule has 8 nitrogen and oxygen atoms in total. The third-order valence-electron chi connectivity index (χ3n) is 3.40. The van der Waals surface area contributed by atoms with E-state index in [1.807, 2.05) is 0 Å². The van der Waals surface area contributed by atoms with Crippen LogP contribution in [0.15, 0.2) is 64.4 Å². The Morgan fingerprint density at radius 1 is 1.00 bits per heavy atom. The number of aromatic carboxylic acids is 1. The van der Waals surface area contributed by atoms with E-state index < -0.39 is 21.9 Å². The van der Waals surface area contributed by atoms with E-state index in [1.165, 1.54) is 36.0 Å². The number of anilines is 2. The van der Waals surface area contributed by atoms with Crippen LogP contribution in [0, 0.1) is 0 Å². The topological polar surface area (TPSA) is 125 Å². The second-order valence-corrected chi connectivity index (χ2v) is 8.16. The Balaban J connectivity index is 1.78. The molecule has 3 aromatic rings. The van der Waals surface area contributed by atoms with Gasteiger partial charge in [-0.05, 0) is 36.4 Å². The number of carboxylic acids is 1. The van der Waals surface area contributed by atoms with Crippen LogP contribution < -0.4 is 10.0 Å². The first-order valence-corrected chi connectivity index (χ1v) is 9.87. The molecular formula is C17H13N3O5S2. The highest BCUT2D eigenvalue weighted by Crippen LogP contribution is 2.24. The van der Waals surface area contributed by atoms with Crippen LogP contribution in [0.5, 0.6) is 0 Å². The number of pyridine rings is 1. The molecule has 0 unspecified atom stereocenters. The van der Waals surface area contributed by atoms with E-state index in [0.717, 1.165) is 17.4 Å². The first-order valence-electron chi connectivity index (χ1n) is 7.51. The Morgan fingerprint density at radius 2 is 1.74 bits per heavy atom. The van der Waals surface area contributed by atoms with Crippen LogP contribution in [-0.4, -0.2) is 30.4 Å². The smallest absolute Gasteiger partial charge is 0.336 e. The highest BCUT2D eigenvalue weighted by molar-refractivity contribution is 7.94. The summed E-state index contributed by atoms with van der Waals surface area (Å²) in [4.78, 5) is 27.1. The van der Waals surface area contributed by atoms with E-state index >= 15 is 0 Å². The van der Waals surface area contributed by atoms with Crippen molar-refractivity contribution in [3.05, 3.63) is 71.4 Å². The van der Waals surface area contributed by atoms with Crippen molar-refractivity contribution >= 4 is 44.6 Å². The number of carboxylic acid groups (broad SMARTS) is 1. The zero-order valence-corrected chi connectivity index (χ0v) is 15.3. The van der Waals surface area contributed by atoms with E-state index in [9.17, 15) is 18.0 Å². The maximum absolute atomic E-state index is 12.4. The average Bonchev–Trinajstić information content (AvgIpc) is 3.14. The van der Waals surface area contributed by atoms with Gasteiger partial charge in [-0.3, -0.25) is 14.5 Å². The highest BCUT2D eigenvalue weighted by Gasteiger charge is 2.19. The zero-order chi connectivity index (χ0) is 19.4. The maximum Gasteiger partial charge on any atom is 0.336 e. The Hall–Kier alpha value is -3.24. The van der Waals surface area contributed by atoms with Gasteiger partial charge >= 0.3 is 5.97 Å². The van der Waals surface area contributed by atoms with Crippen molar-refractivity contribution < 1.29 is 23.1 Å². The van der Waals surface area contributed by atoms with Gasteiger partial charge in [0.2, 0.25) is 0 Å². The highest BCUT2D eigenvalue weighted by atomic mass is 32.2. The summed E-state index contributed by atoms with van der Waals surface area (Å²) < 4.78 is 27.0. The molecule has 10 heteroatoms. The Labute approximate surface area is 158 Å². The first-order chi connectivity index (χ1) is 12.8. The van der Waals surface area contributed by atoms with Crippen molar-refractivity contribution in [3.8, 4) is 0 Å². The minimum Gasteiger partial charge on any atom is -0.478 e. The molecule has 1 amide bonds. The van der Waals surface area contributed by atoms with Crippen molar-refractivity contribution in [2.24, 2.45) is 0 Å². The lowest BCUT2D eigenvalue weighted by Gasteiger charge is -2.09. The van der Waals surface area contributed by atoms with Crippen LogP contribution in [-0.2, 0) is 10.0 Å². The van der Waals surface area contributed by atoms with Gasteiger partial charge in [-0.2, -0.15) is 0 Å². The molecule has 0 aliphatic carbocycles. The lowest BCUT2D eigenvalue weighted by atomic mass is 10.2. The van der Waals surface area contributed by atoms with Crippen LogP contribution in [0.1, 0.15) is 20.7 Å². The standard InChI is InChI=1S/C17H13N3O5S2/c21-16(19-13-4-6-18-7-5-13)11-2-1-3-14(8-11)20-27(24,25)15-9-12(10-26-15)17(22)23/h1-10,20H,(H,22,23)(H,18,19,21). The first kappa shape index (κ1) is 18.5. The molecule has 0 saturated heterocycles. The fraction of sp³-hybridized carbons (Fsp3) is 0. The summed E-state index contributed by atoms with van der Waals surface area (Å²) in [7, 11) is -3.96. The number of amides is 1. The summed E-state index contributed by atoms with van der Waals surface area (Å²) in [6.07, 6.45) is 3.07. The maximum atomic E-state index is 12.4. The molecule has 0 bridgehead atoms. The van der Waals surface area contributed by atoms with E-state index in [2.05, 4.69) is 15.0 Å². The minimum atomic E-state index is -3.96. The molecule has 1 aromatic carbocycles. The van der Waals surface area contributed by atoms with Crippen LogP contribution in [0.4, 0.5) is 11.4 Å². The average molecular weight is 403 g/mol. The Kier molecular flexibility index (Phi) is 5.19. The number of thiophene rings is 1. The number of hydrogen-bond acceptors (Lipinski definition) is 6. The summed E-state index contributed by atoms with van der Waals surface area (Å²) in [5.41, 5.74) is 0.888. The molecular weight excluding hydrogens is 390 g/mol. The third kappa shape index (κ3) is 4.49. The zero-order valence-electron chi connectivity index (χ0n) is 13.6. The van der Waals surface area contributed by atoms with Crippen LogP contribution in [0.2, 0.25) is 0 Å². The summed E-state index contributed by atoms with van der Waals surface area (Å²) in [6.45, 7) is 0. The molecule has 0 radical (unpaired) electrons. The van der Waals surface area contributed by atoms with Crippen LogP contribution in [0.3, 0.4) is 0 Å². The van der Waals surface area contributed by atoms with Crippen molar-refractivity contribution in [2.75, 3.05) is 10.0 Å². The van der Waals surface area contributed by atoms with Gasteiger partial charge in [0.05, 0.1) is 5.56 Å². The van der Waals surface area contributed by atoms with E-state index in [1.54, 1.807) is 18.2 Å². The van der Waals surface area contributed by atoms with Gasteiger partial charge in [0.25, 0.3) is 15.9 Å². The van der Waals surface area contributed by atoms with Crippen molar-refractivity contribution in [1.82, 2.24) is 4.98 Å². The van der Waals surface area contributed by atoms with Crippen molar-refractivity contribution in [2.45, 2.75) is 4.21 Å². The fourth-order valence-corrected chi connectivity index (χ4v) is 4.34. The molecule has 0 aliphatic heterocycles. The second-order valence-electron chi connectivity index (χ2n) is 5.34. The van der Waals surface area contributed by atoms with Crippen LogP contribution >= 0.6 is 11.3 Å². The number of benzene rings is 1. The number of nitrogens with one attached hydrogen (secondary N) is 2. The van der Waals surface area contributed by atoms with Gasteiger partial charge in [0, 0.05) is 34.7 Å². The number of aromatic nitrogens is 1. The summed E-state index contributed by atoms with van der Waals surface area (Å²) in [6, 6.07) is 10.3. The molecule has 138 valence electrons. The van der Waals surface area contributed by atoms with E-state index in [0.29, 0.717) is 5.69 Å². The van der Waals surface area contributed by atoms with E-state index in [-0.39, 0.29) is 21.0 Å². The summed E-state index contributed by atoms with van der Waals surface area (Å²) in [5.74, 6) is -1.62.